The summed E-state index contributed by atoms with van der Waals surface area (Å²) in [6.45, 7) is 7.25. The second-order valence-electron chi connectivity index (χ2n) is 11.3. The van der Waals surface area contributed by atoms with Crippen LogP contribution in [-0.4, -0.2) is 72.1 Å². The number of anilines is 3. The van der Waals surface area contributed by atoms with Crippen molar-refractivity contribution in [2.24, 2.45) is 5.92 Å². The molecule has 1 saturated heterocycles. The maximum atomic E-state index is 13.8. The summed E-state index contributed by atoms with van der Waals surface area (Å²) in [4.78, 5) is 40.6. The standard InChI is InChI=1S/C30H34N6O4S2/c1-19(2)42(39,40)29-21(10-15-41-29)18-36-27-22(16-25(28(36)38)26(37)20-4-5-20)17-31-30(33-27)32-23-6-8-24(9-7-23)35-13-11-34(3)12-14-35/h6-10,15-17,19-20H,4-5,11-14,18H2,1-3H3,(H,31,32,33). The number of likely N-dealkylation sites (N-methyl/N-ethyl adjacent to an activating group) is 1. The predicted octanol–water partition coefficient (Wildman–Crippen LogP) is 4.17. The molecule has 1 aliphatic heterocycles. The molecular weight excluding hydrogens is 573 g/mol. The lowest BCUT2D eigenvalue weighted by Gasteiger charge is -2.34. The lowest BCUT2D eigenvalue weighted by Crippen LogP contribution is -2.44. The molecule has 0 amide bonds. The Morgan fingerprint density at radius 2 is 1.81 bits per heavy atom. The normalized spacial score (nSPS) is 16.3. The maximum Gasteiger partial charge on any atom is 0.263 e. The van der Waals surface area contributed by atoms with E-state index in [0.717, 1.165) is 61.7 Å². The molecule has 0 unspecified atom stereocenters. The number of aromatic nitrogens is 3. The highest BCUT2D eigenvalue weighted by atomic mass is 32.2. The summed E-state index contributed by atoms with van der Waals surface area (Å²) in [6, 6.07) is 11.4. The molecule has 6 rings (SSSR count). The van der Waals surface area contributed by atoms with Crippen LogP contribution in [0.25, 0.3) is 11.0 Å². The molecule has 2 fully saturated rings. The van der Waals surface area contributed by atoms with Crippen LogP contribution in [0.1, 0.15) is 42.6 Å². The second kappa shape index (κ2) is 11.2. The Kier molecular flexibility index (Phi) is 7.62. The zero-order valence-corrected chi connectivity index (χ0v) is 25.5. The number of thiophene rings is 1. The van der Waals surface area contributed by atoms with Crippen molar-refractivity contribution in [2.45, 2.75) is 42.7 Å². The molecule has 10 nitrogen and oxygen atoms in total. The number of fused-ring (bicyclic) bond motifs is 1. The topological polar surface area (TPSA) is 118 Å². The fraction of sp³-hybridized carbons (Fsp3) is 0.400. The second-order valence-corrected chi connectivity index (χ2v) is 15.0. The number of piperazine rings is 1. The molecule has 1 saturated carbocycles. The molecule has 1 N–H and O–H groups in total. The van der Waals surface area contributed by atoms with Crippen molar-refractivity contribution in [3.8, 4) is 0 Å². The number of benzene rings is 1. The highest BCUT2D eigenvalue weighted by Gasteiger charge is 2.33. The number of nitrogens with one attached hydrogen (secondary N) is 1. The van der Waals surface area contributed by atoms with Crippen molar-refractivity contribution in [3.63, 3.8) is 0 Å². The van der Waals surface area contributed by atoms with E-state index in [1.165, 1.54) is 4.57 Å². The number of hydrogen-bond acceptors (Lipinski definition) is 10. The first-order chi connectivity index (χ1) is 20.1. The van der Waals surface area contributed by atoms with Gasteiger partial charge in [0.1, 0.15) is 9.86 Å². The first-order valence-electron chi connectivity index (χ1n) is 14.2. The molecule has 4 heterocycles. The first kappa shape index (κ1) is 28.5. The Morgan fingerprint density at radius 1 is 1.10 bits per heavy atom. The average molecular weight is 607 g/mol. The Balaban J connectivity index is 1.36. The van der Waals surface area contributed by atoms with Gasteiger partial charge in [0, 0.05) is 60.6 Å². The fourth-order valence-corrected chi connectivity index (χ4v) is 7.98. The molecule has 220 valence electrons. The number of nitrogens with zero attached hydrogens (tertiary/aromatic N) is 5. The molecule has 4 aromatic rings. The molecule has 3 aromatic heterocycles. The van der Waals surface area contributed by atoms with Gasteiger partial charge in [0.05, 0.1) is 17.4 Å². The predicted molar refractivity (Wildman–Crippen MR) is 166 cm³/mol. The monoisotopic (exact) mass is 606 g/mol. The molecule has 0 spiro atoms. The van der Waals surface area contributed by atoms with Crippen molar-refractivity contribution in [1.29, 1.82) is 0 Å². The van der Waals surface area contributed by atoms with Gasteiger partial charge < -0.3 is 15.1 Å². The van der Waals surface area contributed by atoms with Gasteiger partial charge in [-0.2, -0.15) is 4.98 Å². The largest absolute Gasteiger partial charge is 0.369 e. The van der Waals surface area contributed by atoms with Crippen molar-refractivity contribution in [2.75, 3.05) is 43.4 Å². The van der Waals surface area contributed by atoms with Crippen LogP contribution < -0.4 is 15.8 Å². The minimum Gasteiger partial charge on any atom is -0.369 e. The average Bonchev–Trinajstić information content (AvgIpc) is 3.72. The maximum absolute atomic E-state index is 13.8. The van der Waals surface area contributed by atoms with Crippen molar-refractivity contribution >= 4 is 55.3 Å². The summed E-state index contributed by atoms with van der Waals surface area (Å²) in [5, 5.41) is 4.88. The lowest BCUT2D eigenvalue weighted by atomic mass is 10.1. The van der Waals surface area contributed by atoms with Crippen LogP contribution in [0.5, 0.6) is 0 Å². The summed E-state index contributed by atoms with van der Waals surface area (Å²) >= 11 is 1.14. The molecule has 42 heavy (non-hydrogen) atoms. The van der Waals surface area contributed by atoms with Crippen molar-refractivity contribution in [3.05, 3.63) is 69.5 Å². The third-order valence-electron chi connectivity index (χ3n) is 7.95. The molecule has 1 aromatic carbocycles. The van der Waals surface area contributed by atoms with E-state index >= 15 is 0 Å². The molecule has 1 aliphatic carbocycles. The van der Waals surface area contributed by atoms with Crippen LogP contribution in [0.15, 0.2) is 57.0 Å². The van der Waals surface area contributed by atoms with Gasteiger partial charge in [0.2, 0.25) is 5.95 Å². The summed E-state index contributed by atoms with van der Waals surface area (Å²) < 4.78 is 27.7. The van der Waals surface area contributed by atoms with Gasteiger partial charge in [-0.1, -0.05) is 0 Å². The van der Waals surface area contributed by atoms with Crippen LogP contribution in [0.4, 0.5) is 17.3 Å². The van der Waals surface area contributed by atoms with Crippen LogP contribution in [0.2, 0.25) is 0 Å². The van der Waals surface area contributed by atoms with Gasteiger partial charge in [-0.25, -0.2) is 13.4 Å². The number of carbonyl (C=O) groups is 1. The minimum atomic E-state index is -3.56. The van der Waals surface area contributed by atoms with Gasteiger partial charge in [0.15, 0.2) is 15.6 Å². The first-order valence-corrected chi connectivity index (χ1v) is 16.6. The number of hydrogen-bond donors (Lipinski definition) is 1. The van der Waals surface area contributed by atoms with Gasteiger partial charge in [0.25, 0.3) is 5.56 Å². The zero-order valence-electron chi connectivity index (χ0n) is 23.9. The van der Waals surface area contributed by atoms with E-state index in [1.807, 2.05) is 12.1 Å². The Hall–Kier alpha value is -3.61. The number of rotatable bonds is 9. The van der Waals surface area contributed by atoms with Crippen LogP contribution >= 0.6 is 11.3 Å². The third-order valence-corrected chi connectivity index (χ3v) is 11.7. The fourth-order valence-electron chi connectivity index (χ4n) is 5.13. The van der Waals surface area contributed by atoms with Crippen molar-refractivity contribution < 1.29 is 13.2 Å². The third kappa shape index (κ3) is 5.58. The van der Waals surface area contributed by atoms with Gasteiger partial charge in [-0.3, -0.25) is 14.2 Å². The molecule has 0 radical (unpaired) electrons. The van der Waals surface area contributed by atoms with Crippen LogP contribution in [-0.2, 0) is 16.4 Å². The van der Waals surface area contributed by atoms with Crippen LogP contribution in [0.3, 0.4) is 0 Å². The number of ketones is 1. The summed E-state index contributed by atoms with van der Waals surface area (Å²) in [5.41, 5.74) is 2.40. The molecule has 2 aliphatic rings. The van der Waals surface area contributed by atoms with E-state index in [2.05, 4.69) is 44.3 Å². The summed E-state index contributed by atoms with van der Waals surface area (Å²) in [6.07, 6.45) is 3.14. The molecule has 0 atom stereocenters. The Labute approximate surface area is 248 Å². The number of carbonyl (C=O) groups excluding carboxylic acids is 1. The van der Waals surface area contributed by atoms with Gasteiger partial charge in [-0.05, 0) is 75.5 Å². The zero-order chi connectivity index (χ0) is 29.6. The SMILES string of the molecule is CC(C)S(=O)(=O)c1sccc1Cn1c(=O)c(C(=O)C2CC2)cc2cnc(Nc3ccc(N4CCN(C)CC4)cc3)nc21. The van der Waals surface area contributed by atoms with Crippen molar-refractivity contribution in [1.82, 2.24) is 19.4 Å². The Bertz CT molecular complexity index is 1800. The van der Waals surface area contributed by atoms with Crippen LogP contribution in [0, 0.1) is 5.92 Å². The van der Waals surface area contributed by atoms with E-state index in [1.54, 1.807) is 37.6 Å². The van der Waals surface area contributed by atoms with E-state index in [4.69, 9.17) is 0 Å². The highest BCUT2D eigenvalue weighted by molar-refractivity contribution is 7.94. The van der Waals surface area contributed by atoms with Gasteiger partial charge in [-0.15, -0.1) is 11.3 Å². The van der Waals surface area contributed by atoms with E-state index in [-0.39, 0.29) is 28.0 Å². The number of Topliss-reactive ketones (excluding diaryl/α,β-unsaturated/α-hetero) is 1. The Morgan fingerprint density at radius 3 is 2.48 bits per heavy atom. The highest BCUT2D eigenvalue weighted by Crippen LogP contribution is 2.33. The van der Waals surface area contributed by atoms with Gasteiger partial charge >= 0.3 is 0 Å². The lowest BCUT2D eigenvalue weighted by molar-refractivity contribution is 0.0966. The molecule has 12 heteroatoms. The van der Waals surface area contributed by atoms with E-state index in [9.17, 15) is 18.0 Å². The summed E-state index contributed by atoms with van der Waals surface area (Å²) in [5.74, 6) is -0.0273. The number of pyridine rings is 1. The van der Waals surface area contributed by atoms with E-state index in [0.29, 0.717) is 22.5 Å². The number of sulfone groups is 1. The van der Waals surface area contributed by atoms with E-state index < -0.39 is 20.6 Å². The summed E-state index contributed by atoms with van der Waals surface area (Å²) in [7, 11) is -1.43. The molecule has 0 bridgehead atoms. The minimum absolute atomic E-state index is 0.0257. The molecular formula is C30H34N6O4S2. The quantitative estimate of drug-likeness (QED) is 0.280. The smallest absolute Gasteiger partial charge is 0.263 e.